The maximum Gasteiger partial charge on any atom is 0.239 e. The normalized spacial score (nSPS) is 17.1. The maximum absolute atomic E-state index is 13.0. The first-order valence-electron chi connectivity index (χ1n) is 11.1. The fourth-order valence-electron chi connectivity index (χ4n) is 4.47. The fraction of sp³-hybridized carbons (Fsp3) is 0.400. The number of halogens is 1. The molecule has 0 spiro atoms. The first-order chi connectivity index (χ1) is 15.1. The van der Waals surface area contributed by atoms with Crippen LogP contribution in [0.2, 0.25) is 5.02 Å². The van der Waals surface area contributed by atoms with Crippen molar-refractivity contribution in [1.29, 1.82) is 0 Å². The second-order valence-corrected chi connectivity index (χ2v) is 8.66. The summed E-state index contributed by atoms with van der Waals surface area (Å²) in [4.78, 5) is 20.8. The summed E-state index contributed by atoms with van der Waals surface area (Å²) < 4.78 is 0. The minimum atomic E-state index is -0.247. The SMILES string of the molecule is CCN1CCN(C(=O)C(C)NCC(c2ccccc2Cl)c2c[nH]c3ccccc23)CC1. The number of carbonyl (C=O) groups is 1. The zero-order valence-electron chi connectivity index (χ0n) is 18.3. The van der Waals surface area contributed by atoms with E-state index in [2.05, 4.69) is 52.6 Å². The van der Waals surface area contributed by atoms with Crippen molar-refractivity contribution in [2.45, 2.75) is 25.8 Å². The van der Waals surface area contributed by atoms with Crippen molar-refractivity contribution in [2.75, 3.05) is 39.3 Å². The van der Waals surface area contributed by atoms with Gasteiger partial charge in [0.1, 0.15) is 0 Å². The fourth-order valence-corrected chi connectivity index (χ4v) is 4.74. The Morgan fingerprint density at radius 3 is 2.52 bits per heavy atom. The van der Waals surface area contributed by atoms with Gasteiger partial charge in [-0.2, -0.15) is 0 Å². The molecule has 4 rings (SSSR count). The summed E-state index contributed by atoms with van der Waals surface area (Å²) in [7, 11) is 0. The van der Waals surface area contributed by atoms with E-state index in [1.165, 1.54) is 10.9 Å². The molecule has 0 saturated carbocycles. The van der Waals surface area contributed by atoms with E-state index in [9.17, 15) is 4.79 Å². The first-order valence-corrected chi connectivity index (χ1v) is 11.5. The van der Waals surface area contributed by atoms with Gasteiger partial charge in [0.15, 0.2) is 0 Å². The summed E-state index contributed by atoms with van der Waals surface area (Å²) in [6, 6.07) is 16.0. The Hall–Kier alpha value is -2.34. The highest BCUT2D eigenvalue weighted by molar-refractivity contribution is 6.31. The lowest BCUT2D eigenvalue weighted by Crippen LogP contribution is -2.53. The van der Waals surface area contributed by atoms with Crippen LogP contribution in [0, 0.1) is 0 Å². The van der Waals surface area contributed by atoms with Gasteiger partial charge < -0.3 is 20.1 Å². The molecule has 1 amide bonds. The molecular weight excluding hydrogens is 408 g/mol. The summed E-state index contributed by atoms with van der Waals surface area (Å²) in [5.41, 5.74) is 3.36. The average molecular weight is 439 g/mol. The molecule has 0 bridgehead atoms. The predicted octanol–water partition coefficient (Wildman–Crippen LogP) is 4.10. The third kappa shape index (κ3) is 4.79. The molecule has 0 aliphatic carbocycles. The monoisotopic (exact) mass is 438 g/mol. The van der Waals surface area contributed by atoms with Gasteiger partial charge in [-0.05, 0) is 36.7 Å². The molecule has 1 aliphatic heterocycles. The van der Waals surface area contributed by atoms with Crippen molar-refractivity contribution >= 4 is 28.4 Å². The number of hydrogen-bond donors (Lipinski definition) is 2. The standard InChI is InChI=1S/C25H31ClN4O/c1-3-29-12-14-30(15-13-29)25(31)18(2)27-16-21(19-8-4-6-10-23(19)26)22-17-28-24-11-7-5-9-20(22)24/h4-11,17-18,21,27-28H,3,12-16H2,1-2H3. The Bertz CT molecular complexity index is 1030. The second-order valence-electron chi connectivity index (χ2n) is 8.25. The number of hydrogen-bond acceptors (Lipinski definition) is 3. The van der Waals surface area contributed by atoms with Crippen LogP contribution in [0.3, 0.4) is 0 Å². The van der Waals surface area contributed by atoms with Gasteiger partial charge in [0.05, 0.1) is 6.04 Å². The lowest BCUT2D eigenvalue weighted by atomic mass is 9.90. The van der Waals surface area contributed by atoms with Crippen LogP contribution >= 0.6 is 11.6 Å². The van der Waals surface area contributed by atoms with Crippen LogP contribution in [0.15, 0.2) is 54.7 Å². The van der Waals surface area contributed by atoms with Gasteiger partial charge in [0.25, 0.3) is 0 Å². The molecule has 1 saturated heterocycles. The van der Waals surface area contributed by atoms with Crippen LogP contribution in [0.25, 0.3) is 10.9 Å². The van der Waals surface area contributed by atoms with Gasteiger partial charge in [-0.3, -0.25) is 4.79 Å². The molecule has 1 aliphatic rings. The highest BCUT2D eigenvalue weighted by Gasteiger charge is 2.26. The Balaban J connectivity index is 1.52. The number of aromatic amines is 1. The molecule has 31 heavy (non-hydrogen) atoms. The van der Waals surface area contributed by atoms with Crippen molar-refractivity contribution in [1.82, 2.24) is 20.1 Å². The average Bonchev–Trinajstić information content (AvgIpc) is 3.24. The van der Waals surface area contributed by atoms with Crippen LogP contribution in [-0.2, 0) is 4.79 Å². The highest BCUT2D eigenvalue weighted by Crippen LogP contribution is 2.34. The van der Waals surface area contributed by atoms with Gasteiger partial charge in [-0.15, -0.1) is 0 Å². The Morgan fingerprint density at radius 2 is 1.77 bits per heavy atom. The van der Waals surface area contributed by atoms with Crippen LogP contribution in [0.5, 0.6) is 0 Å². The van der Waals surface area contributed by atoms with Gasteiger partial charge in [0, 0.05) is 60.8 Å². The Labute approximate surface area is 189 Å². The molecule has 2 unspecified atom stereocenters. The molecule has 0 radical (unpaired) electrons. The van der Waals surface area contributed by atoms with Gasteiger partial charge in [0.2, 0.25) is 5.91 Å². The molecule has 164 valence electrons. The Morgan fingerprint density at radius 1 is 1.06 bits per heavy atom. The van der Waals surface area contributed by atoms with E-state index < -0.39 is 0 Å². The zero-order valence-corrected chi connectivity index (χ0v) is 19.0. The number of nitrogens with one attached hydrogen (secondary N) is 2. The van der Waals surface area contributed by atoms with Crippen molar-refractivity contribution in [2.24, 2.45) is 0 Å². The summed E-state index contributed by atoms with van der Waals surface area (Å²) in [6.45, 7) is 9.31. The number of nitrogens with zero attached hydrogens (tertiary/aromatic N) is 2. The molecule has 1 aromatic heterocycles. The number of H-pyrrole nitrogens is 1. The lowest BCUT2D eigenvalue weighted by molar-refractivity contribution is -0.134. The number of para-hydroxylation sites is 1. The number of rotatable bonds is 7. The third-order valence-corrected chi connectivity index (χ3v) is 6.75. The molecule has 2 aromatic carbocycles. The van der Waals surface area contributed by atoms with Gasteiger partial charge >= 0.3 is 0 Å². The highest BCUT2D eigenvalue weighted by atomic mass is 35.5. The molecule has 6 heteroatoms. The van der Waals surface area contributed by atoms with Crippen molar-refractivity contribution < 1.29 is 4.79 Å². The summed E-state index contributed by atoms with van der Waals surface area (Å²) in [5.74, 6) is 0.213. The number of amides is 1. The smallest absolute Gasteiger partial charge is 0.239 e. The number of likely N-dealkylation sites (N-methyl/N-ethyl adjacent to an activating group) is 1. The molecule has 1 fully saturated rings. The molecule has 2 atom stereocenters. The van der Waals surface area contributed by atoms with Crippen LogP contribution in [0.1, 0.15) is 30.9 Å². The largest absolute Gasteiger partial charge is 0.361 e. The van der Waals surface area contributed by atoms with Crippen LogP contribution in [-0.4, -0.2) is 66.0 Å². The molecule has 2 N–H and O–H groups in total. The zero-order chi connectivity index (χ0) is 21.8. The van der Waals surface area contributed by atoms with E-state index in [4.69, 9.17) is 11.6 Å². The molecule has 5 nitrogen and oxygen atoms in total. The topological polar surface area (TPSA) is 51.4 Å². The van der Waals surface area contributed by atoms with E-state index >= 15 is 0 Å². The van der Waals surface area contributed by atoms with E-state index in [0.29, 0.717) is 6.54 Å². The van der Waals surface area contributed by atoms with Crippen molar-refractivity contribution in [3.63, 3.8) is 0 Å². The lowest BCUT2D eigenvalue weighted by Gasteiger charge is -2.35. The number of aromatic nitrogens is 1. The predicted molar refractivity (Wildman–Crippen MR) is 128 cm³/mol. The maximum atomic E-state index is 13.0. The minimum Gasteiger partial charge on any atom is -0.361 e. The van der Waals surface area contributed by atoms with Crippen LogP contribution in [0.4, 0.5) is 0 Å². The summed E-state index contributed by atoms with van der Waals surface area (Å²) in [6.07, 6.45) is 2.07. The first kappa shape index (κ1) is 21.9. The van der Waals surface area contributed by atoms with E-state index in [1.807, 2.05) is 36.1 Å². The van der Waals surface area contributed by atoms with Crippen molar-refractivity contribution in [3.05, 3.63) is 70.9 Å². The van der Waals surface area contributed by atoms with Gasteiger partial charge in [-0.25, -0.2) is 0 Å². The summed E-state index contributed by atoms with van der Waals surface area (Å²) in [5, 5.41) is 5.44. The Kier molecular flexibility index (Phi) is 6.96. The van der Waals surface area contributed by atoms with Crippen molar-refractivity contribution in [3.8, 4) is 0 Å². The number of carbonyl (C=O) groups excluding carboxylic acids is 1. The molecular formula is C25H31ClN4O. The summed E-state index contributed by atoms with van der Waals surface area (Å²) >= 11 is 6.60. The van der Waals surface area contributed by atoms with Crippen LogP contribution < -0.4 is 5.32 Å². The minimum absolute atomic E-state index is 0.0389. The van der Waals surface area contributed by atoms with E-state index in [-0.39, 0.29) is 17.9 Å². The number of fused-ring (bicyclic) bond motifs is 1. The number of benzene rings is 2. The third-order valence-electron chi connectivity index (χ3n) is 6.41. The van der Waals surface area contributed by atoms with E-state index in [0.717, 1.165) is 48.8 Å². The quantitative estimate of drug-likeness (QED) is 0.584. The second kappa shape index (κ2) is 9.86. The van der Waals surface area contributed by atoms with E-state index in [1.54, 1.807) is 0 Å². The molecule has 3 aromatic rings. The van der Waals surface area contributed by atoms with Gasteiger partial charge in [-0.1, -0.05) is 54.9 Å². The molecule has 2 heterocycles. The number of piperazine rings is 1.